The Kier molecular flexibility index (Phi) is 6.20. The van der Waals surface area contributed by atoms with E-state index in [1.807, 2.05) is 60.7 Å². The SMILES string of the molecule is O=C(NCCC(c1ccccc1)c1ccccc1)Nc1cccc(-c2cnco2)c1. The number of benzene rings is 3. The molecule has 2 N–H and O–H groups in total. The van der Waals surface area contributed by atoms with Gasteiger partial charge < -0.3 is 15.1 Å². The van der Waals surface area contributed by atoms with Crippen molar-refractivity contribution in [2.45, 2.75) is 12.3 Å². The smallest absolute Gasteiger partial charge is 0.319 e. The summed E-state index contributed by atoms with van der Waals surface area (Å²) in [5.41, 5.74) is 4.04. The molecular weight excluding hydrogens is 374 g/mol. The fourth-order valence-corrected chi connectivity index (χ4v) is 3.51. The molecule has 0 fully saturated rings. The van der Waals surface area contributed by atoms with Gasteiger partial charge in [0.15, 0.2) is 12.2 Å². The molecule has 1 heterocycles. The molecule has 0 aliphatic heterocycles. The molecule has 0 saturated heterocycles. The van der Waals surface area contributed by atoms with Gasteiger partial charge in [-0.2, -0.15) is 0 Å². The molecule has 4 rings (SSSR count). The Hall–Kier alpha value is -3.86. The Morgan fingerprint density at radius 3 is 2.23 bits per heavy atom. The van der Waals surface area contributed by atoms with E-state index in [1.165, 1.54) is 17.5 Å². The standard InChI is InChI=1S/C25H23N3O2/c29-25(28-22-13-7-12-21(16-22)24-17-26-18-30-24)27-15-14-23(19-8-3-1-4-9-19)20-10-5-2-6-11-20/h1-13,16-18,23H,14-15H2,(H2,27,28,29). The van der Waals surface area contributed by atoms with Crippen LogP contribution in [0.25, 0.3) is 11.3 Å². The highest BCUT2D eigenvalue weighted by molar-refractivity contribution is 5.89. The van der Waals surface area contributed by atoms with Gasteiger partial charge in [-0.15, -0.1) is 0 Å². The molecule has 150 valence electrons. The second kappa shape index (κ2) is 9.56. The van der Waals surface area contributed by atoms with Crippen molar-refractivity contribution in [1.29, 1.82) is 0 Å². The van der Waals surface area contributed by atoms with Crippen molar-refractivity contribution in [3.8, 4) is 11.3 Å². The lowest BCUT2D eigenvalue weighted by Crippen LogP contribution is -2.30. The number of carbonyl (C=O) groups is 1. The summed E-state index contributed by atoms with van der Waals surface area (Å²) in [6, 6.07) is 28.0. The number of oxazole rings is 1. The maximum absolute atomic E-state index is 12.4. The van der Waals surface area contributed by atoms with Crippen LogP contribution in [0.5, 0.6) is 0 Å². The van der Waals surface area contributed by atoms with Gasteiger partial charge in [0.05, 0.1) is 6.20 Å². The third-order valence-electron chi connectivity index (χ3n) is 4.96. The van der Waals surface area contributed by atoms with E-state index in [9.17, 15) is 4.79 Å². The molecule has 0 unspecified atom stereocenters. The molecule has 0 aliphatic rings. The number of rotatable bonds is 7. The van der Waals surface area contributed by atoms with E-state index in [4.69, 9.17) is 4.42 Å². The maximum atomic E-state index is 12.4. The first-order chi connectivity index (χ1) is 14.8. The second-order valence-electron chi connectivity index (χ2n) is 6.99. The molecule has 0 aliphatic carbocycles. The van der Waals surface area contributed by atoms with Crippen LogP contribution in [0.4, 0.5) is 10.5 Å². The Labute approximate surface area is 175 Å². The molecule has 5 nitrogen and oxygen atoms in total. The number of nitrogens with one attached hydrogen (secondary N) is 2. The van der Waals surface area contributed by atoms with E-state index in [0.717, 1.165) is 12.0 Å². The normalized spacial score (nSPS) is 10.7. The largest absolute Gasteiger partial charge is 0.444 e. The number of aromatic nitrogens is 1. The van der Waals surface area contributed by atoms with Gasteiger partial charge in [0.25, 0.3) is 0 Å². The first-order valence-electron chi connectivity index (χ1n) is 9.93. The van der Waals surface area contributed by atoms with Gasteiger partial charge in [0.1, 0.15) is 0 Å². The Bertz CT molecular complexity index is 1020. The van der Waals surface area contributed by atoms with Crippen LogP contribution in [0.2, 0.25) is 0 Å². The minimum atomic E-state index is -0.232. The van der Waals surface area contributed by atoms with Crippen molar-refractivity contribution in [1.82, 2.24) is 10.3 Å². The summed E-state index contributed by atoms with van der Waals surface area (Å²) in [6.45, 7) is 0.558. The molecule has 30 heavy (non-hydrogen) atoms. The number of amides is 2. The predicted molar refractivity (Wildman–Crippen MR) is 118 cm³/mol. The van der Waals surface area contributed by atoms with Crippen LogP contribution in [-0.2, 0) is 0 Å². The zero-order chi connectivity index (χ0) is 20.6. The van der Waals surface area contributed by atoms with Crippen LogP contribution in [0, 0.1) is 0 Å². The van der Waals surface area contributed by atoms with Gasteiger partial charge in [-0.1, -0.05) is 72.8 Å². The summed E-state index contributed by atoms with van der Waals surface area (Å²) in [4.78, 5) is 16.3. The molecule has 5 heteroatoms. The van der Waals surface area contributed by atoms with Crippen LogP contribution >= 0.6 is 0 Å². The van der Waals surface area contributed by atoms with Gasteiger partial charge in [-0.05, 0) is 29.7 Å². The average Bonchev–Trinajstić information content (AvgIpc) is 3.33. The van der Waals surface area contributed by atoms with Crippen molar-refractivity contribution >= 4 is 11.7 Å². The Balaban J connectivity index is 1.37. The van der Waals surface area contributed by atoms with Gasteiger partial charge in [-0.3, -0.25) is 0 Å². The summed E-state index contributed by atoms with van der Waals surface area (Å²) < 4.78 is 5.32. The minimum absolute atomic E-state index is 0.225. The summed E-state index contributed by atoms with van der Waals surface area (Å²) in [7, 11) is 0. The Morgan fingerprint density at radius 2 is 1.60 bits per heavy atom. The number of carbonyl (C=O) groups excluding carboxylic acids is 1. The molecule has 2 amide bonds. The first kappa shape index (κ1) is 19.5. The van der Waals surface area contributed by atoms with E-state index >= 15 is 0 Å². The summed E-state index contributed by atoms with van der Waals surface area (Å²) in [5, 5.41) is 5.85. The van der Waals surface area contributed by atoms with Crippen molar-refractivity contribution in [2.24, 2.45) is 0 Å². The third kappa shape index (κ3) is 4.94. The zero-order valence-corrected chi connectivity index (χ0v) is 16.5. The van der Waals surface area contributed by atoms with Crippen LogP contribution in [0.1, 0.15) is 23.5 Å². The molecule has 0 radical (unpaired) electrons. The molecule has 4 aromatic rings. The fraction of sp³-hybridized carbons (Fsp3) is 0.120. The summed E-state index contributed by atoms with van der Waals surface area (Å²) >= 11 is 0. The molecule has 1 aromatic heterocycles. The molecule has 3 aromatic carbocycles. The lowest BCUT2D eigenvalue weighted by Gasteiger charge is -2.18. The van der Waals surface area contributed by atoms with Crippen molar-refractivity contribution in [3.63, 3.8) is 0 Å². The monoisotopic (exact) mass is 397 g/mol. The highest BCUT2D eigenvalue weighted by Gasteiger charge is 2.14. The summed E-state index contributed by atoms with van der Waals surface area (Å²) in [6.07, 6.45) is 3.84. The van der Waals surface area contributed by atoms with Gasteiger partial charge in [0, 0.05) is 23.7 Å². The van der Waals surface area contributed by atoms with E-state index in [2.05, 4.69) is 39.9 Å². The quantitative estimate of drug-likeness (QED) is 0.421. The fourth-order valence-electron chi connectivity index (χ4n) is 3.51. The molecule has 0 spiro atoms. The number of anilines is 1. The Morgan fingerprint density at radius 1 is 0.900 bits per heavy atom. The number of hydrogen-bond donors (Lipinski definition) is 2. The van der Waals surface area contributed by atoms with Crippen molar-refractivity contribution < 1.29 is 9.21 Å². The van der Waals surface area contributed by atoms with Crippen molar-refractivity contribution in [3.05, 3.63) is 109 Å². The van der Waals surface area contributed by atoms with E-state index < -0.39 is 0 Å². The highest BCUT2D eigenvalue weighted by atomic mass is 16.3. The van der Waals surface area contributed by atoms with E-state index in [0.29, 0.717) is 18.0 Å². The number of hydrogen-bond acceptors (Lipinski definition) is 3. The predicted octanol–water partition coefficient (Wildman–Crippen LogP) is 5.69. The van der Waals surface area contributed by atoms with Gasteiger partial charge in [-0.25, -0.2) is 9.78 Å². The second-order valence-corrected chi connectivity index (χ2v) is 6.99. The topological polar surface area (TPSA) is 67.2 Å². The highest BCUT2D eigenvalue weighted by Crippen LogP contribution is 2.27. The maximum Gasteiger partial charge on any atom is 0.319 e. The molecule has 0 atom stereocenters. The van der Waals surface area contributed by atoms with E-state index in [1.54, 1.807) is 6.20 Å². The molecular formula is C25H23N3O2. The minimum Gasteiger partial charge on any atom is -0.444 e. The van der Waals surface area contributed by atoms with Crippen molar-refractivity contribution in [2.75, 3.05) is 11.9 Å². The first-order valence-corrected chi connectivity index (χ1v) is 9.93. The lowest BCUT2D eigenvalue weighted by atomic mass is 9.88. The molecule has 0 bridgehead atoms. The number of urea groups is 1. The molecule has 0 saturated carbocycles. The van der Waals surface area contributed by atoms with Gasteiger partial charge in [0.2, 0.25) is 0 Å². The summed E-state index contributed by atoms with van der Waals surface area (Å²) in [5.74, 6) is 0.884. The number of nitrogens with zero attached hydrogens (tertiary/aromatic N) is 1. The van der Waals surface area contributed by atoms with Gasteiger partial charge >= 0.3 is 6.03 Å². The van der Waals surface area contributed by atoms with E-state index in [-0.39, 0.29) is 11.9 Å². The van der Waals surface area contributed by atoms with Crippen LogP contribution < -0.4 is 10.6 Å². The average molecular weight is 397 g/mol. The lowest BCUT2D eigenvalue weighted by molar-refractivity contribution is 0.252. The van der Waals surface area contributed by atoms with Crippen LogP contribution in [0.15, 0.2) is 102 Å². The van der Waals surface area contributed by atoms with Crippen LogP contribution in [0.3, 0.4) is 0 Å². The van der Waals surface area contributed by atoms with Crippen LogP contribution in [-0.4, -0.2) is 17.6 Å². The zero-order valence-electron chi connectivity index (χ0n) is 16.5. The third-order valence-corrected chi connectivity index (χ3v) is 4.96.